The Morgan fingerprint density at radius 3 is 2.54 bits per heavy atom. The number of thioether (sulfide) groups is 1. The van der Waals surface area contributed by atoms with Crippen LogP contribution >= 0.6 is 23.1 Å². The molecule has 132 valence electrons. The van der Waals surface area contributed by atoms with E-state index in [1.54, 1.807) is 0 Å². The minimum absolute atomic E-state index is 0.119. The number of nitrogens with zero attached hydrogens (tertiary/aromatic N) is 4. The van der Waals surface area contributed by atoms with Crippen LogP contribution in [0.2, 0.25) is 0 Å². The van der Waals surface area contributed by atoms with E-state index in [1.807, 2.05) is 11.4 Å². The van der Waals surface area contributed by atoms with Gasteiger partial charge in [0.25, 0.3) is 0 Å². The van der Waals surface area contributed by atoms with E-state index in [4.69, 9.17) is 11.0 Å². The number of nitriles is 1. The highest BCUT2D eigenvalue weighted by Gasteiger charge is 2.30. The van der Waals surface area contributed by atoms with Crippen LogP contribution in [0.3, 0.4) is 0 Å². The Bertz CT molecular complexity index is 961. The van der Waals surface area contributed by atoms with Crippen LogP contribution in [-0.4, -0.2) is 15.0 Å². The quantitative estimate of drug-likeness (QED) is 0.523. The fraction of sp³-hybridized carbons (Fsp3) is 0.125. The molecular formula is C16H10F3N5S2. The summed E-state index contributed by atoms with van der Waals surface area (Å²) in [5, 5.41) is 11.7. The van der Waals surface area contributed by atoms with Crippen molar-refractivity contribution in [3.63, 3.8) is 0 Å². The van der Waals surface area contributed by atoms with Crippen LogP contribution in [0.25, 0.3) is 10.6 Å². The Morgan fingerprint density at radius 1 is 1.19 bits per heavy atom. The van der Waals surface area contributed by atoms with Crippen molar-refractivity contribution >= 4 is 28.9 Å². The molecule has 3 aromatic rings. The van der Waals surface area contributed by atoms with Gasteiger partial charge >= 0.3 is 6.18 Å². The largest absolute Gasteiger partial charge is 0.416 e. The van der Waals surface area contributed by atoms with Gasteiger partial charge in [0.15, 0.2) is 5.16 Å². The molecule has 0 spiro atoms. The van der Waals surface area contributed by atoms with E-state index in [0.717, 1.165) is 17.8 Å². The molecule has 0 amide bonds. The van der Waals surface area contributed by atoms with Crippen molar-refractivity contribution in [1.82, 2.24) is 15.0 Å². The van der Waals surface area contributed by atoms with Crippen molar-refractivity contribution in [3.05, 3.63) is 52.7 Å². The first-order valence-corrected chi connectivity index (χ1v) is 9.01. The van der Waals surface area contributed by atoms with Gasteiger partial charge in [0.1, 0.15) is 22.5 Å². The summed E-state index contributed by atoms with van der Waals surface area (Å²) in [4.78, 5) is 12.5. The second kappa shape index (κ2) is 7.31. The monoisotopic (exact) mass is 393 g/mol. The number of anilines is 1. The molecule has 0 aliphatic carbocycles. The summed E-state index contributed by atoms with van der Waals surface area (Å²) in [6.07, 6.45) is -2.99. The van der Waals surface area contributed by atoms with E-state index in [-0.39, 0.29) is 11.4 Å². The van der Waals surface area contributed by atoms with Gasteiger partial charge in [0, 0.05) is 16.7 Å². The standard InChI is InChI=1S/C16H10F3N5S2/c17-16(18,19)11-3-1-9(2-4-11)14-23-12(7-25-14)8-26-15-22-6-10(5-20)13(21)24-15/h1-4,6-7H,8H2,(H2,21,22,24). The van der Waals surface area contributed by atoms with Crippen LogP contribution in [-0.2, 0) is 11.9 Å². The van der Waals surface area contributed by atoms with Gasteiger partial charge in [-0.3, -0.25) is 0 Å². The molecule has 0 fully saturated rings. The molecule has 2 N–H and O–H groups in total. The molecule has 1 aromatic carbocycles. The summed E-state index contributed by atoms with van der Waals surface area (Å²) >= 11 is 2.65. The Balaban J connectivity index is 1.68. The van der Waals surface area contributed by atoms with E-state index in [2.05, 4.69) is 15.0 Å². The molecule has 0 atom stereocenters. The Morgan fingerprint density at radius 2 is 1.92 bits per heavy atom. The molecule has 0 saturated heterocycles. The van der Waals surface area contributed by atoms with Gasteiger partial charge in [-0.05, 0) is 12.1 Å². The fourth-order valence-electron chi connectivity index (χ4n) is 1.98. The highest BCUT2D eigenvalue weighted by Crippen LogP contribution is 2.32. The summed E-state index contributed by atoms with van der Waals surface area (Å²) < 4.78 is 37.8. The summed E-state index contributed by atoms with van der Waals surface area (Å²) in [5.41, 5.74) is 6.54. The summed E-state index contributed by atoms with van der Waals surface area (Å²) in [5.74, 6) is 0.594. The van der Waals surface area contributed by atoms with E-state index >= 15 is 0 Å². The molecule has 0 aliphatic heterocycles. The first-order chi connectivity index (χ1) is 12.4. The van der Waals surface area contributed by atoms with E-state index in [0.29, 0.717) is 21.5 Å². The summed E-state index contributed by atoms with van der Waals surface area (Å²) in [6, 6.07) is 6.78. The van der Waals surface area contributed by atoms with Crippen LogP contribution in [0.15, 0.2) is 41.0 Å². The first kappa shape index (κ1) is 18.2. The highest BCUT2D eigenvalue weighted by atomic mass is 32.2. The van der Waals surface area contributed by atoms with Gasteiger partial charge in [0.2, 0.25) is 0 Å². The predicted octanol–water partition coefficient (Wildman–Crippen LogP) is 4.37. The molecule has 0 saturated carbocycles. The van der Waals surface area contributed by atoms with Gasteiger partial charge in [-0.1, -0.05) is 23.9 Å². The molecule has 2 heterocycles. The molecule has 10 heteroatoms. The number of rotatable bonds is 4. The first-order valence-electron chi connectivity index (χ1n) is 7.14. The minimum Gasteiger partial charge on any atom is -0.382 e. The Kier molecular flexibility index (Phi) is 5.11. The van der Waals surface area contributed by atoms with Gasteiger partial charge in [-0.2, -0.15) is 18.4 Å². The van der Waals surface area contributed by atoms with Crippen LogP contribution < -0.4 is 5.73 Å². The molecule has 0 aliphatic rings. The maximum atomic E-state index is 12.6. The second-order valence-corrected chi connectivity index (χ2v) is 6.87. The molecular weight excluding hydrogens is 383 g/mol. The lowest BCUT2D eigenvalue weighted by atomic mass is 10.1. The zero-order chi connectivity index (χ0) is 18.7. The number of halogens is 3. The van der Waals surface area contributed by atoms with E-state index in [1.165, 1.54) is 41.4 Å². The third-order valence-corrected chi connectivity index (χ3v) is 5.11. The van der Waals surface area contributed by atoms with Crippen molar-refractivity contribution in [2.45, 2.75) is 17.1 Å². The number of benzene rings is 1. The third kappa shape index (κ3) is 4.12. The van der Waals surface area contributed by atoms with Crippen molar-refractivity contribution in [1.29, 1.82) is 5.26 Å². The predicted molar refractivity (Wildman–Crippen MR) is 93.3 cm³/mol. The molecule has 5 nitrogen and oxygen atoms in total. The molecule has 26 heavy (non-hydrogen) atoms. The Hall–Kier alpha value is -2.64. The van der Waals surface area contributed by atoms with Gasteiger partial charge in [0.05, 0.1) is 17.5 Å². The zero-order valence-corrected chi connectivity index (χ0v) is 14.6. The lowest BCUT2D eigenvalue weighted by Crippen LogP contribution is -2.03. The third-order valence-electron chi connectivity index (χ3n) is 3.28. The van der Waals surface area contributed by atoms with Gasteiger partial charge in [-0.15, -0.1) is 11.3 Å². The smallest absolute Gasteiger partial charge is 0.382 e. The van der Waals surface area contributed by atoms with Gasteiger partial charge < -0.3 is 5.73 Å². The number of hydrogen-bond acceptors (Lipinski definition) is 7. The molecule has 0 radical (unpaired) electrons. The second-order valence-electron chi connectivity index (χ2n) is 5.07. The van der Waals surface area contributed by atoms with Crippen molar-refractivity contribution < 1.29 is 13.2 Å². The lowest BCUT2D eigenvalue weighted by molar-refractivity contribution is -0.137. The molecule has 2 aromatic heterocycles. The normalized spacial score (nSPS) is 11.3. The minimum atomic E-state index is -4.36. The molecule has 0 unspecified atom stereocenters. The van der Waals surface area contributed by atoms with Crippen LogP contribution in [0.4, 0.5) is 19.0 Å². The molecule has 0 bridgehead atoms. The lowest BCUT2D eigenvalue weighted by Gasteiger charge is -2.06. The Labute approximate surface area is 154 Å². The van der Waals surface area contributed by atoms with Crippen molar-refractivity contribution in [2.24, 2.45) is 0 Å². The molecule has 3 rings (SSSR count). The van der Waals surface area contributed by atoms with Crippen LogP contribution in [0.5, 0.6) is 0 Å². The number of alkyl halides is 3. The highest BCUT2D eigenvalue weighted by molar-refractivity contribution is 7.98. The topological polar surface area (TPSA) is 88.5 Å². The van der Waals surface area contributed by atoms with Crippen LogP contribution in [0.1, 0.15) is 16.8 Å². The van der Waals surface area contributed by atoms with E-state index < -0.39 is 11.7 Å². The average molecular weight is 393 g/mol. The van der Waals surface area contributed by atoms with Gasteiger partial charge in [-0.25, -0.2) is 15.0 Å². The number of nitrogens with two attached hydrogens (primary N) is 1. The average Bonchev–Trinajstić information content (AvgIpc) is 3.08. The number of hydrogen-bond donors (Lipinski definition) is 1. The summed E-state index contributed by atoms with van der Waals surface area (Å²) in [6.45, 7) is 0. The fourth-order valence-corrected chi connectivity index (χ4v) is 3.63. The van der Waals surface area contributed by atoms with E-state index in [9.17, 15) is 13.2 Å². The van der Waals surface area contributed by atoms with Crippen LogP contribution in [0, 0.1) is 11.3 Å². The summed E-state index contributed by atoms with van der Waals surface area (Å²) in [7, 11) is 0. The number of thiazole rings is 1. The maximum absolute atomic E-state index is 12.6. The van der Waals surface area contributed by atoms with Crippen molar-refractivity contribution in [3.8, 4) is 16.6 Å². The maximum Gasteiger partial charge on any atom is 0.416 e. The van der Waals surface area contributed by atoms with Crippen molar-refractivity contribution in [2.75, 3.05) is 5.73 Å². The number of nitrogen functional groups attached to an aromatic ring is 1. The SMILES string of the molecule is N#Cc1cnc(SCc2csc(-c3ccc(C(F)(F)F)cc3)n2)nc1N. The zero-order valence-electron chi connectivity index (χ0n) is 13.0. The number of aromatic nitrogens is 3.